The van der Waals surface area contributed by atoms with Crippen LogP contribution in [0.2, 0.25) is 0 Å². The molecular formula is C15H16F2N2. The van der Waals surface area contributed by atoms with E-state index in [-0.39, 0.29) is 5.56 Å². The van der Waals surface area contributed by atoms with E-state index >= 15 is 0 Å². The molecule has 0 saturated heterocycles. The predicted molar refractivity (Wildman–Crippen MR) is 70.9 cm³/mol. The van der Waals surface area contributed by atoms with E-state index in [1.807, 2.05) is 25.3 Å². The molecule has 0 spiro atoms. The minimum Gasteiger partial charge on any atom is -0.309 e. The van der Waals surface area contributed by atoms with Crippen LogP contribution in [0, 0.1) is 6.92 Å². The number of pyridine rings is 1. The highest BCUT2D eigenvalue weighted by Crippen LogP contribution is 2.19. The van der Waals surface area contributed by atoms with Crippen molar-refractivity contribution < 1.29 is 8.78 Å². The lowest BCUT2D eigenvalue weighted by Crippen LogP contribution is -2.13. The lowest BCUT2D eigenvalue weighted by atomic mass is 10.1. The van der Waals surface area contributed by atoms with Gasteiger partial charge in [0.25, 0.3) is 6.43 Å². The summed E-state index contributed by atoms with van der Waals surface area (Å²) in [5, 5.41) is 3.24. The first kappa shape index (κ1) is 13.6. The number of aromatic nitrogens is 1. The molecule has 0 unspecified atom stereocenters. The molecule has 4 heteroatoms. The standard InChI is InChI=1S/C15H16F2N2/c1-11-5-6-18-9-14(11)10-19-8-12-3-2-4-13(7-12)15(16)17/h2-7,9,15,19H,8,10H2,1H3. The smallest absolute Gasteiger partial charge is 0.263 e. The van der Waals surface area contributed by atoms with Gasteiger partial charge >= 0.3 is 0 Å². The van der Waals surface area contributed by atoms with Crippen LogP contribution in [0.25, 0.3) is 0 Å². The zero-order valence-corrected chi connectivity index (χ0v) is 10.7. The first-order chi connectivity index (χ1) is 9.16. The molecule has 2 rings (SSSR count). The number of aryl methyl sites for hydroxylation is 1. The van der Waals surface area contributed by atoms with Crippen LogP contribution in [0.5, 0.6) is 0 Å². The number of rotatable bonds is 5. The SMILES string of the molecule is Cc1ccncc1CNCc1cccc(C(F)F)c1. The van der Waals surface area contributed by atoms with Gasteiger partial charge < -0.3 is 5.32 Å². The largest absolute Gasteiger partial charge is 0.309 e. The fourth-order valence-electron chi connectivity index (χ4n) is 1.86. The first-order valence-electron chi connectivity index (χ1n) is 6.14. The molecule has 19 heavy (non-hydrogen) atoms. The molecule has 0 amide bonds. The molecule has 0 radical (unpaired) electrons. The molecule has 1 aromatic heterocycles. The Hall–Kier alpha value is -1.81. The van der Waals surface area contributed by atoms with Gasteiger partial charge in [0.05, 0.1) is 0 Å². The number of nitrogens with zero attached hydrogens (tertiary/aromatic N) is 1. The topological polar surface area (TPSA) is 24.9 Å². The molecule has 0 fully saturated rings. The molecule has 0 saturated carbocycles. The molecule has 0 atom stereocenters. The number of halogens is 2. The van der Waals surface area contributed by atoms with Gasteiger partial charge in [0, 0.05) is 31.0 Å². The van der Waals surface area contributed by atoms with E-state index in [1.54, 1.807) is 12.3 Å². The molecule has 1 N–H and O–H groups in total. The fraction of sp³-hybridized carbons (Fsp3) is 0.267. The van der Waals surface area contributed by atoms with Gasteiger partial charge in [0.2, 0.25) is 0 Å². The van der Waals surface area contributed by atoms with Gasteiger partial charge in [0.1, 0.15) is 0 Å². The van der Waals surface area contributed by atoms with E-state index in [9.17, 15) is 8.78 Å². The summed E-state index contributed by atoms with van der Waals surface area (Å²) < 4.78 is 25.1. The van der Waals surface area contributed by atoms with E-state index in [2.05, 4.69) is 10.3 Å². The zero-order chi connectivity index (χ0) is 13.7. The van der Waals surface area contributed by atoms with Crippen LogP contribution in [0.3, 0.4) is 0 Å². The van der Waals surface area contributed by atoms with E-state index in [4.69, 9.17) is 0 Å². The van der Waals surface area contributed by atoms with Crippen molar-refractivity contribution in [3.8, 4) is 0 Å². The van der Waals surface area contributed by atoms with Crippen LogP contribution >= 0.6 is 0 Å². The minimum atomic E-state index is -2.42. The van der Waals surface area contributed by atoms with Crippen LogP contribution in [-0.4, -0.2) is 4.98 Å². The molecular weight excluding hydrogens is 246 g/mol. The third-order valence-electron chi connectivity index (χ3n) is 3.00. The highest BCUT2D eigenvalue weighted by atomic mass is 19.3. The number of alkyl halides is 2. The maximum absolute atomic E-state index is 12.6. The van der Waals surface area contributed by atoms with Gasteiger partial charge in [-0.05, 0) is 35.7 Å². The van der Waals surface area contributed by atoms with Crippen molar-refractivity contribution >= 4 is 0 Å². The summed E-state index contributed by atoms with van der Waals surface area (Å²) in [6, 6.07) is 8.43. The predicted octanol–water partition coefficient (Wildman–Crippen LogP) is 3.62. The van der Waals surface area contributed by atoms with Crippen molar-refractivity contribution in [3.63, 3.8) is 0 Å². The second kappa shape index (κ2) is 6.38. The Morgan fingerprint density at radius 3 is 2.79 bits per heavy atom. The zero-order valence-electron chi connectivity index (χ0n) is 10.7. The van der Waals surface area contributed by atoms with Gasteiger partial charge in [-0.1, -0.05) is 18.2 Å². The van der Waals surface area contributed by atoms with Crippen LogP contribution < -0.4 is 5.32 Å². The Bertz CT molecular complexity index is 541. The summed E-state index contributed by atoms with van der Waals surface area (Å²) in [4.78, 5) is 4.07. The second-order valence-corrected chi connectivity index (χ2v) is 4.45. The maximum atomic E-state index is 12.6. The maximum Gasteiger partial charge on any atom is 0.263 e. The lowest BCUT2D eigenvalue weighted by molar-refractivity contribution is 0.151. The first-order valence-corrected chi connectivity index (χ1v) is 6.14. The Morgan fingerprint density at radius 2 is 2.05 bits per heavy atom. The van der Waals surface area contributed by atoms with Crippen molar-refractivity contribution in [2.24, 2.45) is 0 Å². The number of hydrogen-bond acceptors (Lipinski definition) is 2. The molecule has 2 nitrogen and oxygen atoms in total. The summed E-state index contributed by atoms with van der Waals surface area (Å²) in [6.07, 6.45) is 1.16. The van der Waals surface area contributed by atoms with Crippen LogP contribution in [0.4, 0.5) is 8.78 Å². The second-order valence-electron chi connectivity index (χ2n) is 4.45. The average Bonchev–Trinajstić information content (AvgIpc) is 2.41. The fourth-order valence-corrected chi connectivity index (χ4v) is 1.86. The molecule has 0 aliphatic rings. The van der Waals surface area contributed by atoms with Crippen molar-refractivity contribution in [2.45, 2.75) is 26.4 Å². The molecule has 0 aliphatic carbocycles. The van der Waals surface area contributed by atoms with Crippen LogP contribution in [-0.2, 0) is 13.1 Å². The molecule has 1 heterocycles. The number of hydrogen-bond donors (Lipinski definition) is 1. The van der Waals surface area contributed by atoms with E-state index in [0.717, 1.165) is 11.1 Å². The van der Waals surface area contributed by atoms with Crippen molar-refractivity contribution in [1.29, 1.82) is 0 Å². The summed E-state index contributed by atoms with van der Waals surface area (Å²) in [5.41, 5.74) is 3.22. The van der Waals surface area contributed by atoms with Crippen LogP contribution in [0.15, 0.2) is 42.7 Å². The van der Waals surface area contributed by atoms with Gasteiger partial charge in [-0.25, -0.2) is 8.78 Å². The Morgan fingerprint density at radius 1 is 1.21 bits per heavy atom. The normalized spacial score (nSPS) is 10.9. The Balaban J connectivity index is 1.93. The molecule has 1 aromatic carbocycles. The third-order valence-corrected chi connectivity index (χ3v) is 3.00. The molecule has 0 aliphatic heterocycles. The van der Waals surface area contributed by atoms with Crippen molar-refractivity contribution in [3.05, 3.63) is 65.0 Å². The van der Waals surface area contributed by atoms with Crippen LogP contribution in [0.1, 0.15) is 28.7 Å². The van der Waals surface area contributed by atoms with Gasteiger partial charge in [-0.15, -0.1) is 0 Å². The quantitative estimate of drug-likeness (QED) is 0.890. The summed E-state index contributed by atoms with van der Waals surface area (Å²) in [6.45, 7) is 3.27. The summed E-state index contributed by atoms with van der Waals surface area (Å²) in [5.74, 6) is 0. The highest BCUT2D eigenvalue weighted by Gasteiger charge is 2.06. The molecule has 0 bridgehead atoms. The minimum absolute atomic E-state index is 0.0665. The van der Waals surface area contributed by atoms with E-state index in [0.29, 0.717) is 13.1 Å². The highest BCUT2D eigenvalue weighted by molar-refractivity contribution is 5.25. The lowest BCUT2D eigenvalue weighted by Gasteiger charge is -2.08. The Kier molecular flexibility index (Phi) is 4.58. The monoisotopic (exact) mass is 262 g/mol. The van der Waals surface area contributed by atoms with Gasteiger partial charge in [-0.2, -0.15) is 0 Å². The molecule has 100 valence electrons. The van der Waals surface area contributed by atoms with Crippen molar-refractivity contribution in [1.82, 2.24) is 10.3 Å². The third kappa shape index (κ3) is 3.83. The molecule has 2 aromatic rings. The average molecular weight is 262 g/mol. The number of benzene rings is 1. The van der Waals surface area contributed by atoms with Crippen molar-refractivity contribution in [2.75, 3.05) is 0 Å². The van der Waals surface area contributed by atoms with E-state index in [1.165, 1.54) is 17.7 Å². The van der Waals surface area contributed by atoms with Gasteiger partial charge in [-0.3, -0.25) is 4.98 Å². The Labute approximate surface area is 111 Å². The summed E-state index contributed by atoms with van der Waals surface area (Å²) in [7, 11) is 0. The number of nitrogens with one attached hydrogen (secondary N) is 1. The summed E-state index contributed by atoms with van der Waals surface area (Å²) >= 11 is 0. The van der Waals surface area contributed by atoms with E-state index < -0.39 is 6.43 Å². The van der Waals surface area contributed by atoms with Gasteiger partial charge in [0.15, 0.2) is 0 Å².